The van der Waals surface area contributed by atoms with E-state index in [0.29, 0.717) is 22.7 Å². The summed E-state index contributed by atoms with van der Waals surface area (Å²) in [6.45, 7) is 3.41. The summed E-state index contributed by atoms with van der Waals surface area (Å²) in [5.41, 5.74) is -0.0650. The average molecular weight is 461 g/mol. The van der Waals surface area contributed by atoms with Crippen LogP contribution in [0.3, 0.4) is 0 Å². The lowest BCUT2D eigenvalue weighted by atomic mass is 9.95. The predicted molar refractivity (Wildman–Crippen MR) is 121 cm³/mol. The number of nitrogens with zero attached hydrogens (tertiary/aromatic N) is 1. The molecule has 32 heavy (non-hydrogen) atoms. The molecule has 2 aliphatic rings. The average Bonchev–Trinajstić information content (AvgIpc) is 2.99. The Kier molecular flexibility index (Phi) is 5.92. The number of anilines is 1. The zero-order valence-corrected chi connectivity index (χ0v) is 19.4. The Morgan fingerprint density at radius 2 is 1.59 bits per heavy atom. The maximum Gasteiger partial charge on any atom is 0.263 e. The van der Waals surface area contributed by atoms with Crippen LogP contribution in [0.5, 0.6) is 5.75 Å². The van der Waals surface area contributed by atoms with Crippen LogP contribution in [-0.2, 0) is 14.6 Å². The van der Waals surface area contributed by atoms with Crippen molar-refractivity contribution in [2.45, 2.75) is 68.2 Å². The van der Waals surface area contributed by atoms with Gasteiger partial charge in [0.05, 0.1) is 4.90 Å². The first kappa shape index (κ1) is 22.6. The lowest BCUT2D eigenvalue weighted by Crippen LogP contribution is -2.55. The molecule has 2 aromatic rings. The van der Waals surface area contributed by atoms with Crippen LogP contribution < -0.4 is 15.0 Å². The largest absolute Gasteiger partial charge is 0.478 e. The maximum atomic E-state index is 13.1. The smallest absolute Gasteiger partial charge is 0.263 e. The molecule has 172 valence electrons. The van der Waals surface area contributed by atoms with Crippen molar-refractivity contribution in [3.63, 3.8) is 0 Å². The molecule has 0 aromatic heterocycles. The van der Waals surface area contributed by atoms with Crippen molar-refractivity contribution >= 4 is 21.4 Å². The summed E-state index contributed by atoms with van der Waals surface area (Å²) in [5, 5.41) is 3.15. The molecule has 0 saturated carbocycles. The van der Waals surface area contributed by atoms with Gasteiger partial charge >= 0.3 is 0 Å². The van der Waals surface area contributed by atoms with Gasteiger partial charge in [-0.1, -0.05) is 0 Å². The molecule has 4 rings (SSSR count). The van der Waals surface area contributed by atoms with Crippen LogP contribution >= 0.6 is 0 Å². The maximum absolute atomic E-state index is 13.1. The number of sulfone groups is 1. The molecule has 8 heteroatoms. The molecule has 2 fully saturated rings. The Morgan fingerprint density at radius 1 is 1.03 bits per heavy atom. The van der Waals surface area contributed by atoms with Gasteiger partial charge in [-0.2, -0.15) is 0 Å². The standard InChI is InChI=1S/C24H29FN2O4S/c1-24(2,31-21-10-4-16(25)5-11-21)23(28)26-17-14-19-6-7-20(15-17)27(19)18-8-12-22(13-9-18)32(3,29)30/h4-5,8-13,17,19-20H,6-7,14-15H2,1-3H3,(H,26,28). The van der Waals surface area contributed by atoms with E-state index in [4.69, 9.17) is 4.74 Å². The zero-order valence-electron chi connectivity index (χ0n) is 18.5. The Morgan fingerprint density at radius 3 is 2.12 bits per heavy atom. The number of rotatable bonds is 6. The molecule has 2 atom stereocenters. The lowest BCUT2D eigenvalue weighted by Gasteiger charge is -2.41. The molecule has 2 aromatic carbocycles. The molecule has 1 amide bonds. The van der Waals surface area contributed by atoms with E-state index in [9.17, 15) is 17.6 Å². The van der Waals surface area contributed by atoms with Gasteiger partial charge in [0.25, 0.3) is 5.91 Å². The van der Waals surface area contributed by atoms with E-state index in [2.05, 4.69) is 10.2 Å². The highest BCUT2D eigenvalue weighted by atomic mass is 32.2. The first-order valence-electron chi connectivity index (χ1n) is 10.9. The Bertz CT molecular complexity index is 1070. The summed E-state index contributed by atoms with van der Waals surface area (Å²) in [4.78, 5) is 15.6. The van der Waals surface area contributed by atoms with Crippen molar-refractivity contribution in [2.24, 2.45) is 0 Å². The van der Waals surface area contributed by atoms with Crippen molar-refractivity contribution < 1.29 is 22.3 Å². The van der Waals surface area contributed by atoms with Crippen LogP contribution in [0.2, 0.25) is 0 Å². The van der Waals surface area contributed by atoms with Crippen LogP contribution in [0, 0.1) is 5.82 Å². The summed E-state index contributed by atoms with van der Waals surface area (Å²) in [6.07, 6.45) is 4.94. The summed E-state index contributed by atoms with van der Waals surface area (Å²) in [6, 6.07) is 13.3. The molecule has 0 aliphatic carbocycles. The molecular weight excluding hydrogens is 431 g/mol. The number of hydrogen-bond donors (Lipinski definition) is 1. The highest BCUT2D eigenvalue weighted by Crippen LogP contribution is 2.39. The monoisotopic (exact) mass is 460 g/mol. The highest BCUT2D eigenvalue weighted by molar-refractivity contribution is 7.90. The fourth-order valence-electron chi connectivity index (χ4n) is 4.78. The van der Waals surface area contributed by atoms with Crippen LogP contribution in [0.25, 0.3) is 0 Å². The molecule has 2 bridgehead atoms. The second-order valence-electron chi connectivity index (χ2n) is 9.27. The Balaban J connectivity index is 1.40. The first-order chi connectivity index (χ1) is 15.0. The van der Waals surface area contributed by atoms with Crippen molar-refractivity contribution in [1.29, 1.82) is 0 Å². The minimum absolute atomic E-state index is 0.0441. The van der Waals surface area contributed by atoms with Gasteiger partial charge in [0, 0.05) is 30.1 Å². The number of halogens is 1. The van der Waals surface area contributed by atoms with E-state index in [1.807, 2.05) is 12.1 Å². The van der Waals surface area contributed by atoms with Gasteiger partial charge in [0.1, 0.15) is 11.6 Å². The number of carbonyl (C=O) groups is 1. The third-order valence-electron chi connectivity index (χ3n) is 6.36. The molecule has 1 N–H and O–H groups in total. The fraction of sp³-hybridized carbons (Fsp3) is 0.458. The van der Waals surface area contributed by atoms with Gasteiger partial charge in [0.15, 0.2) is 15.4 Å². The van der Waals surface area contributed by atoms with Crippen LogP contribution in [0.1, 0.15) is 39.5 Å². The lowest BCUT2D eigenvalue weighted by molar-refractivity contribution is -0.135. The minimum atomic E-state index is -3.22. The van der Waals surface area contributed by atoms with Gasteiger partial charge in [0.2, 0.25) is 0 Å². The van der Waals surface area contributed by atoms with Crippen molar-refractivity contribution in [3.05, 3.63) is 54.3 Å². The number of carbonyl (C=O) groups excluding carboxylic acids is 1. The van der Waals surface area contributed by atoms with E-state index in [1.165, 1.54) is 30.5 Å². The summed E-state index contributed by atoms with van der Waals surface area (Å²) in [7, 11) is -3.22. The molecule has 0 spiro atoms. The van der Waals surface area contributed by atoms with Gasteiger partial charge in [-0.05, 0) is 88.1 Å². The number of hydrogen-bond acceptors (Lipinski definition) is 5. The van der Waals surface area contributed by atoms with Crippen LogP contribution in [0.4, 0.5) is 10.1 Å². The van der Waals surface area contributed by atoms with E-state index >= 15 is 0 Å². The number of benzene rings is 2. The van der Waals surface area contributed by atoms with Gasteiger partial charge in [-0.3, -0.25) is 4.79 Å². The van der Waals surface area contributed by atoms with Gasteiger partial charge in [-0.15, -0.1) is 0 Å². The quantitative estimate of drug-likeness (QED) is 0.711. The van der Waals surface area contributed by atoms with Gasteiger partial charge in [-0.25, -0.2) is 12.8 Å². The second-order valence-corrected chi connectivity index (χ2v) is 11.3. The number of nitrogens with one attached hydrogen (secondary N) is 1. The third kappa shape index (κ3) is 4.75. The van der Waals surface area contributed by atoms with E-state index < -0.39 is 15.4 Å². The minimum Gasteiger partial charge on any atom is -0.478 e. The van der Waals surface area contributed by atoms with Crippen molar-refractivity contribution in [2.75, 3.05) is 11.2 Å². The van der Waals surface area contributed by atoms with E-state index in [1.54, 1.807) is 26.0 Å². The van der Waals surface area contributed by atoms with Crippen molar-refractivity contribution in [3.8, 4) is 5.75 Å². The number of fused-ring (bicyclic) bond motifs is 2. The van der Waals surface area contributed by atoms with E-state index in [-0.39, 0.29) is 17.8 Å². The van der Waals surface area contributed by atoms with E-state index in [0.717, 1.165) is 31.4 Å². The SMILES string of the molecule is CC(C)(Oc1ccc(F)cc1)C(=O)NC1CC2CCC(C1)N2c1ccc(S(C)(=O)=O)cc1. The molecule has 2 heterocycles. The van der Waals surface area contributed by atoms with Crippen LogP contribution in [-0.4, -0.2) is 44.3 Å². The number of amides is 1. The number of ether oxygens (including phenoxy) is 1. The molecular formula is C24H29FN2O4S. The Labute approximate surface area is 188 Å². The zero-order chi connectivity index (χ0) is 23.1. The third-order valence-corrected chi connectivity index (χ3v) is 7.49. The molecule has 2 aliphatic heterocycles. The van der Waals surface area contributed by atoms with Gasteiger partial charge < -0.3 is 15.0 Å². The van der Waals surface area contributed by atoms with Crippen LogP contribution in [0.15, 0.2) is 53.4 Å². The fourth-order valence-corrected chi connectivity index (χ4v) is 5.42. The molecule has 2 unspecified atom stereocenters. The predicted octanol–water partition coefficient (Wildman–Crippen LogP) is 3.70. The summed E-state index contributed by atoms with van der Waals surface area (Å²) < 4.78 is 42.4. The number of piperidine rings is 1. The Hall–Kier alpha value is -2.61. The molecule has 0 radical (unpaired) electrons. The van der Waals surface area contributed by atoms with Crippen molar-refractivity contribution in [1.82, 2.24) is 5.32 Å². The highest BCUT2D eigenvalue weighted by Gasteiger charge is 2.42. The molecule has 6 nitrogen and oxygen atoms in total. The normalized spacial score (nSPS) is 23.1. The topological polar surface area (TPSA) is 75.7 Å². The second kappa shape index (κ2) is 8.39. The summed E-state index contributed by atoms with van der Waals surface area (Å²) >= 11 is 0. The first-order valence-corrected chi connectivity index (χ1v) is 12.8. The summed E-state index contributed by atoms with van der Waals surface area (Å²) in [5.74, 6) is -0.107. The molecule has 2 saturated heterocycles.